The van der Waals surface area contributed by atoms with Gasteiger partial charge in [0.1, 0.15) is 0 Å². The van der Waals surface area contributed by atoms with Gasteiger partial charge in [0.25, 0.3) is 0 Å². The van der Waals surface area contributed by atoms with E-state index in [1.165, 1.54) is 5.56 Å². The Hall–Kier alpha value is -3.87. The number of hydrogen-bond donors (Lipinski definition) is 1. The smallest absolute Gasteiger partial charge is 0.327 e. The minimum Gasteiger partial charge on any atom is -0.366 e. The van der Waals surface area contributed by atoms with Gasteiger partial charge >= 0.3 is 6.03 Å². The highest BCUT2D eigenvalue weighted by Crippen LogP contribution is 2.40. The van der Waals surface area contributed by atoms with Crippen LogP contribution in [0, 0.1) is 6.92 Å². The van der Waals surface area contributed by atoms with Crippen LogP contribution in [0.15, 0.2) is 60.8 Å². The number of pyridine rings is 1. The third kappa shape index (κ3) is 3.23. The number of carbonyl (C=O) groups excluding carboxylic acids is 1. The van der Waals surface area contributed by atoms with Gasteiger partial charge in [0.05, 0.1) is 34.8 Å². The second-order valence-corrected chi connectivity index (χ2v) is 8.80. The second-order valence-electron chi connectivity index (χ2n) is 8.80. The molecule has 2 aliphatic heterocycles. The first-order valence-corrected chi connectivity index (χ1v) is 11.5. The van der Waals surface area contributed by atoms with Crippen LogP contribution in [0.4, 0.5) is 22.0 Å². The number of nitrogens with zero attached hydrogens (tertiary/aromatic N) is 5. The van der Waals surface area contributed by atoms with E-state index in [9.17, 15) is 4.79 Å². The number of urea groups is 1. The molecule has 4 heterocycles. The fourth-order valence-corrected chi connectivity index (χ4v) is 5.08. The maximum atomic E-state index is 13.7. The minimum atomic E-state index is -0.145. The van der Waals surface area contributed by atoms with Crippen LogP contribution in [0.1, 0.15) is 18.9 Å². The van der Waals surface area contributed by atoms with Crippen molar-refractivity contribution in [1.29, 1.82) is 0 Å². The highest BCUT2D eigenvalue weighted by Gasteiger charge is 2.40. The molecule has 7 heteroatoms. The monoisotopic (exact) mass is 438 g/mol. The predicted octanol–water partition coefficient (Wildman–Crippen LogP) is 5.06. The quantitative estimate of drug-likeness (QED) is 0.486. The summed E-state index contributed by atoms with van der Waals surface area (Å²) >= 11 is 0. The molecule has 7 nitrogen and oxygen atoms in total. The summed E-state index contributed by atoms with van der Waals surface area (Å²) in [6.45, 7) is 6.69. The molecule has 1 atom stereocenters. The molecule has 166 valence electrons. The fraction of sp³-hybridized carbons (Fsp3) is 0.269. The Kier molecular flexibility index (Phi) is 4.57. The summed E-state index contributed by atoms with van der Waals surface area (Å²) in [6, 6.07) is 18.4. The zero-order valence-corrected chi connectivity index (χ0v) is 18.8. The average molecular weight is 439 g/mol. The van der Waals surface area contributed by atoms with Crippen LogP contribution in [0.5, 0.6) is 0 Å². The summed E-state index contributed by atoms with van der Waals surface area (Å²) in [5.41, 5.74) is 5.93. The Morgan fingerprint density at radius 2 is 2.03 bits per heavy atom. The zero-order chi connectivity index (χ0) is 22.5. The maximum Gasteiger partial charge on any atom is 0.327 e. The summed E-state index contributed by atoms with van der Waals surface area (Å²) in [4.78, 5) is 22.9. The molecule has 1 fully saturated rings. The van der Waals surface area contributed by atoms with E-state index in [4.69, 9.17) is 4.98 Å². The number of anilines is 3. The van der Waals surface area contributed by atoms with Crippen LogP contribution in [0.3, 0.4) is 0 Å². The lowest BCUT2D eigenvalue weighted by Crippen LogP contribution is -2.48. The van der Waals surface area contributed by atoms with E-state index in [-0.39, 0.29) is 12.1 Å². The molecule has 0 radical (unpaired) electrons. The Balaban J connectivity index is 1.39. The lowest BCUT2D eigenvalue weighted by Gasteiger charge is -2.36. The highest BCUT2D eigenvalue weighted by atomic mass is 16.2. The molecule has 2 bridgehead atoms. The van der Waals surface area contributed by atoms with Crippen molar-refractivity contribution in [3.8, 4) is 11.3 Å². The van der Waals surface area contributed by atoms with E-state index in [1.807, 2.05) is 40.0 Å². The van der Waals surface area contributed by atoms with Crippen molar-refractivity contribution in [1.82, 2.24) is 14.8 Å². The lowest BCUT2D eigenvalue weighted by atomic mass is 10.1. The first kappa shape index (κ1) is 19.8. The lowest BCUT2D eigenvalue weighted by molar-refractivity contribution is 0.255. The van der Waals surface area contributed by atoms with Crippen molar-refractivity contribution < 1.29 is 4.79 Å². The van der Waals surface area contributed by atoms with Gasteiger partial charge in [-0.3, -0.25) is 9.58 Å². The van der Waals surface area contributed by atoms with Gasteiger partial charge in [-0.05, 0) is 50.6 Å². The Morgan fingerprint density at radius 1 is 1.15 bits per heavy atom. The second kappa shape index (κ2) is 7.62. The van der Waals surface area contributed by atoms with E-state index in [0.29, 0.717) is 0 Å². The Bertz CT molecular complexity index is 1380. The molecule has 4 aromatic rings. The van der Waals surface area contributed by atoms with Gasteiger partial charge in [0.2, 0.25) is 0 Å². The third-order valence-corrected chi connectivity index (χ3v) is 6.71. The topological polar surface area (TPSA) is 66.3 Å². The number of aryl methyl sites for hydroxylation is 2. The van der Waals surface area contributed by atoms with Gasteiger partial charge in [-0.25, -0.2) is 9.78 Å². The van der Waals surface area contributed by atoms with Crippen molar-refractivity contribution in [2.24, 2.45) is 0 Å². The van der Waals surface area contributed by atoms with Crippen LogP contribution < -0.4 is 15.1 Å². The van der Waals surface area contributed by atoms with Gasteiger partial charge in [-0.2, -0.15) is 5.10 Å². The van der Waals surface area contributed by atoms with Crippen LogP contribution in [0.2, 0.25) is 0 Å². The van der Waals surface area contributed by atoms with E-state index in [0.717, 1.165) is 65.4 Å². The summed E-state index contributed by atoms with van der Waals surface area (Å²) in [5, 5.41) is 8.56. The van der Waals surface area contributed by atoms with Crippen molar-refractivity contribution in [2.45, 2.75) is 32.9 Å². The largest absolute Gasteiger partial charge is 0.366 e. The van der Waals surface area contributed by atoms with Crippen molar-refractivity contribution >= 4 is 34.1 Å². The van der Waals surface area contributed by atoms with E-state index in [1.54, 1.807) is 0 Å². The molecule has 6 rings (SSSR count). The number of nitrogens with one attached hydrogen (secondary N) is 1. The molecule has 2 aromatic heterocycles. The summed E-state index contributed by atoms with van der Waals surface area (Å²) < 4.78 is 1.94. The summed E-state index contributed by atoms with van der Waals surface area (Å²) in [6.07, 6.45) is 2.76. The van der Waals surface area contributed by atoms with Crippen LogP contribution in [-0.2, 0) is 6.54 Å². The standard InChI is InChI=1S/C26H26N6O/c1-3-31-23-9-5-8-22(20(23)15-27-31)29-26(33)32-19-12-13-30(16-19)24-11-10-21(28-25(24)32)18-7-4-6-17(2)14-18/h4-11,14-15,19H,3,12-13,16H2,1-2H3,(H,29,33)/t19-/m0/s1. The molecular formula is C26H26N6O. The fourth-order valence-electron chi connectivity index (χ4n) is 5.08. The summed E-state index contributed by atoms with van der Waals surface area (Å²) in [7, 11) is 0. The van der Waals surface area contributed by atoms with Crippen molar-refractivity contribution in [3.05, 3.63) is 66.4 Å². The number of benzene rings is 2. The molecule has 0 unspecified atom stereocenters. The maximum absolute atomic E-state index is 13.7. The van der Waals surface area contributed by atoms with Crippen molar-refractivity contribution in [2.75, 3.05) is 28.2 Å². The SMILES string of the molecule is CCn1ncc2c(NC(=O)N3c4nc(-c5cccc(C)c5)ccc4N4CC[C@H]3C4)cccc21. The van der Waals surface area contributed by atoms with Gasteiger partial charge in [0.15, 0.2) is 5.82 Å². The molecule has 0 saturated carbocycles. The molecule has 33 heavy (non-hydrogen) atoms. The van der Waals surface area contributed by atoms with E-state index < -0.39 is 0 Å². The zero-order valence-electron chi connectivity index (χ0n) is 18.8. The molecule has 0 spiro atoms. The van der Waals surface area contributed by atoms with Gasteiger partial charge in [-0.1, -0.05) is 29.8 Å². The molecule has 2 amide bonds. The number of aromatic nitrogens is 3. The van der Waals surface area contributed by atoms with E-state index >= 15 is 0 Å². The molecule has 1 N–H and O–H groups in total. The molecule has 1 saturated heterocycles. The normalized spacial score (nSPS) is 16.8. The van der Waals surface area contributed by atoms with Crippen LogP contribution in [0.25, 0.3) is 22.2 Å². The number of hydrogen-bond acceptors (Lipinski definition) is 4. The van der Waals surface area contributed by atoms with Crippen LogP contribution in [-0.4, -0.2) is 39.9 Å². The van der Waals surface area contributed by atoms with Crippen molar-refractivity contribution in [3.63, 3.8) is 0 Å². The Labute approximate surface area is 192 Å². The molecule has 2 aliphatic rings. The molecular weight excluding hydrogens is 412 g/mol. The Morgan fingerprint density at radius 3 is 2.88 bits per heavy atom. The number of fused-ring (bicyclic) bond motifs is 5. The minimum absolute atomic E-state index is 0.107. The molecule has 2 aromatic carbocycles. The van der Waals surface area contributed by atoms with Gasteiger partial charge < -0.3 is 10.2 Å². The third-order valence-electron chi connectivity index (χ3n) is 6.71. The first-order chi connectivity index (χ1) is 16.1. The first-order valence-electron chi connectivity index (χ1n) is 11.5. The van der Waals surface area contributed by atoms with E-state index in [2.05, 4.69) is 59.5 Å². The number of amides is 2. The molecule has 0 aliphatic carbocycles. The van der Waals surface area contributed by atoms with Crippen LogP contribution >= 0.6 is 0 Å². The van der Waals surface area contributed by atoms with Gasteiger partial charge in [-0.15, -0.1) is 0 Å². The number of rotatable bonds is 3. The predicted molar refractivity (Wildman–Crippen MR) is 132 cm³/mol. The summed E-state index contributed by atoms with van der Waals surface area (Å²) in [5.74, 6) is 0.733. The number of carbonyl (C=O) groups is 1. The highest BCUT2D eigenvalue weighted by molar-refractivity contribution is 6.08. The average Bonchev–Trinajstić information content (AvgIpc) is 3.44. The van der Waals surface area contributed by atoms with Gasteiger partial charge in [0, 0.05) is 30.6 Å².